The van der Waals surface area contributed by atoms with Crippen LogP contribution in [0.15, 0.2) is 29.3 Å². The molecule has 0 atom stereocenters. The van der Waals surface area contributed by atoms with Gasteiger partial charge in [0.1, 0.15) is 12.4 Å². The molecular weight excluding hydrogens is 474 g/mol. The summed E-state index contributed by atoms with van der Waals surface area (Å²) in [6.07, 6.45) is -1.34. The van der Waals surface area contributed by atoms with Crippen LogP contribution in [0.5, 0.6) is 5.75 Å². The van der Waals surface area contributed by atoms with Gasteiger partial charge >= 0.3 is 6.18 Å². The van der Waals surface area contributed by atoms with Crippen LogP contribution in [0.1, 0.15) is 24.8 Å². The quantitative estimate of drug-likeness (QED) is 0.222. The van der Waals surface area contributed by atoms with Crippen molar-refractivity contribution in [1.82, 2.24) is 10.6 Å². The Morgan fingerprint density at radius 3 is 2.63 bits per heavy atom. The predicted molar refractivity (Wildman–Crippen MR) is 110 cm³/mol. The van der Waals surface area contributed by atoms with Gasteiger partial charge in [-0.05, 0) is 31.2 Å². The number of nitrogens with one attached hydrogen (secondary N) is 2. The first-order valence-electron chi connectivity index (χ1n) is 8.77. The molecule has 0 amide bonds. The summed E-state index contributed by atoms with van der Waals surface area (Å²) >= 11 is 0. The summed E-state index contributed by atoms with van der Waals surface area (Å²) in [6.45, 7) is 0.601. The molecule has 9 heteroatoms. The van der Waals surface area contributed by atoms with E-state index >= 15 is 0 Å². The van der Waals surface area contributed by atoms with E-state index in [1.54, 1.807) is 7.05 Å². The highest BCUT2D eigenvalue weighted by molar-refractivity contribution is 14.0. The molecular formula is C18H27F3IN3O2. The minimum absolute atomic E-state index is 0. The zero-order valence-electron chi connectivity index (χ0n) is 15.3. The predicted octanol–water partition coefficient (Wildman–Crippen LogP) is 3.73. The lowest BCUT2D eigenvalue weighted by molar-refractivity contribution is -0.173. The van der Waals surface area contributed by atoms with E-state index in [-0.39, 0.29) is 30.6 Å². The molecule has 2 rings (SSSR count). The van der Waals surface area contributed by atoms with Gasteiger partial charge in [-0.1, -0.05) is 18.2 Å². The van der Waals surface area contributed by atoms with Crippen LogP contribution in [0, 0.1) is 5.92 Å². The highest BCUT2D eigenvalue weighted by Gasteiger charge is 2.27. The molecule has 0 radical (unpaired) electrons. The number of ether oxygens (including phenoxy) is 2. The van der Waals surface area contributed by atoms with Crippen LogP contribution in [0.2, 0.25) is 0 Å². The molecule has 0 spiro atoms. The summed E-state index contributed by atoms with van der Waals surface area (Å²) in [6, 6.07) is 7.84. The van der Waals surface area contributed by atoms with E-state index in [0.29, 0.717) is 31.4 Å². The highest BCUT2D eigenvalue weighted by Crippen LogP contribution is 2.30. The first kappa shape index (κ1) is 23.8. The Labute approximate surface area is 175 Å². The maximum absolute atomic E-state index is 12.0. The third-order valence-electron chi connectivity index (χ3n) is 3.84. The van der Waals surface area contributed by atoms with E-state index in [4.69, 9.17) is 4.74 Å². The van der Waals surface area contributed by atoms with E-state index in [1.165, 1.54) is 12.8 Å². The number of halogens is 4. The van der Waals surface area contributed by atoms with E-state index in [9.17, 15) is 13.2 Å². The second-order valence-electron chi connectivity index (χ2n) is 6.24. The SMILES string of the molecule is CN=C(NCCCOCC(F)(F)F)NCc1ccccc1OCC1CC1.I. The molecule has 0 saturated heterocycles. The Morgan fingerprint density at radius 1 is 1.22 bits per heavy atom. The lowest BCUT2D eigenvalue weighted by Crippen LogP contribution is -2.37. The Morgan fingerprint density at radius 2 is 1.96 bits per heavy atom. The first-order chi connectivity index (χ1) is 12.5. The molecule has 1 aromatic rings. The second-order valence-corrected chi connectivity index (χ2v) is 6.24. The van der Waals surface area contributed by atoms with Crippen molar-refractivity contribution in [2.24, 2.45) is 10.9 Å². The maximum Gasteiger partial charge on any atom is 0.411 e. The van der Waals surface area contributed by atoms with Crippen molar-refractivity contribution >= 4 is 29.9 Å². The molecule has 0 unspecified atom stereocenters. The summed E-state index contributed by atoms with van der Waals surface area (Å²) in [4.78, 5) is 4.11. The number of rotatable bonds is 10. The normalized spacial score (nSPS) is 14.4. The zero-order valence-corrected chi connectivity index (χ0v) is 17.7. The number of para-hydroxylation sites is 1. The van der Waals surface area contributed by atoms with Gasteiger partial charge in [0.05, 0.1) is 6.61 Å². The van der Waals surface area contributed by atoms with Gasteiger partial charge in [-0.25, -0.2) is 0 Å². The average Bonchev–Trinajstić information content (AvgIpc) is 3.43. The fraction of sp³-hybridized carbons (Fsp3) is 0.611. The third-order valence-corrected chi connectivity index (χ3v) is 3.84. The summed E-state index contributed by atoms with van der Waals surface area (Å²) in [5, 5.41) is 6.24. The van der Waals surface area contributed by atoms with Crippen molar-refractivity contribution in [2.45, 2.75) is 32.0 Å². The standard InChI is InChI=1S/C18H26F3N3O2.HI/c1-22-17(23-9-4-10-25-13-18(19,20)21)24-11-15-5-2-3-6-16(15)26-12-14-7-8-14;/h2-3,5-6,14H,4,7-13H2,1H3,(H2,22,23,24);1H. The topological polar surface area (TPSA) is 54.9 Å². The van der Waals surface area contributed by atoms with Crippen LogP contribution in [0.25, 0.3) is 0 Å². The Bertz CT molecular complexity index is 581. The molecule has 0 bridgehead atoms. The van der Waals surface area contributed by atoms with Crippen LogP contribution in [0.4, 0.5) is 13.2 Å². The summed E-state index contributed by atoms with van der Waals surface area (Å²) in [7, 11) is 1.64. The molecule has 1 fully saturated rings. The van der Waals surface area contributed by atoms with Gasteiger partial charge in [0.25, 0.3) is 0 Å². The van der Waals surface area contributed by atoms with Gasteiger partial charge in [-0.2, -0.15) is 13.2 Å². The Hall–Kier alpha value is -1.23. The number of guanidine groups is 1. The van der Waals surface area contributed by atoms with Crippen molar-refractivity contribution < 1.29 is 22.6 Å². The van der Waals surface area contributed by atoms with Gasteiger partial charge in [0.2, 0.25) is 0 Å². The van der Waals surface area contributed by atoms with Crippen molar-refractivity contribution in [3.63, 3.8) is 0 Å². The van der Waals surface area contributed by atoms with Gasteiger partial charge < -0.3 is 20.1 Å². The van der Waals surface area contributed by atoms with Gasteiger partial charge in [0.15, 0.2) is 5.96 Å². The summed E-state index contributed by atoms with van der Waals surface area (Å²) in [5.74, 6) is 2.13. The number of alkyl halides is 3. The molecule has 27 heavy (non-hydrogen) atoms. The van der Waals surface area contributed by atoms with Crippen molar-refractivity contribution in [3.05, 3.63) is 29.8 Å². The monoisotopic (exact) mass is 501 g/mol. The molecule has 0 heterocycles. The smallest absolute Gasteiger partial charge is 0.411 e. The Kier molecular flexibility index (Phi) is 10.8. The minimum Gasteiger partial charge on any atom is -0.493 e. The fourth-order valence-corrected chi connectivity index (χ4v) is 2.25. The number of hydrogen-bond donors (Lipinski definition) is 2. The fourth-order valence-electron chi connectivity index (χ4n) is 2.25. The summed E-state index contributed by atoms with van der Waals surface area (Å²) < 4.78 is 46.3. The molecule has 5 nitrogen and oxygen atoms in total. The van der Waals surface area contributed by atoms with Crippen LogP contribution in [-0.2, 0) is 11.3 Å². The lowest BCUT2D eigenvalue weighted by Gasteiger charge is -2.15. The largest absolute Gasteiger partial charge is 0.493 e. The number of benzene rings is 1. The van der Waals surface area contributed by atoms with Crippen LogP contribution < -0.4 is 15.4 Å². The molecule has 1 aliphatic rings. The first-order valence-corrected chi connectivity index (χ1v) is 8.77. The molecule has 154 valence electrons. The Balaban J connectivity index is 0.00000364. The van der Waals surface area contributed by atoms with E-state index in [2.05, 4.69) is 20.4 Å². The van der Waals surface area contributed by atoms with Gasteiger partial charge in [-0.15, -0.1) is 24.0 Å². The molecule has 1 aromatic carbocycles. The minimum atomic E-state index is -4.28. The van der Waals surface area contributed by atoms with Gasteiger partial charge in [-0.3, -0.25) is 4.99 Å². The van der Waals surface area contributed by atoms with E-state index in [0.717, 1.165) is 17.9 Å². The third kappa shape index (κ3) is 10.6. The average molecular weight is 501 g/mol. The summed E-state index contributed by atoms with van der Waals surface area (Å²) in [5.41, 5.74) is 1.03. The second kappa shape index (κ2) is 12.3. The molecule has 1 aliphatic carbocycles. The van der Waals surface area contributed by atoms with Crippen LogP contribution in [0.3, 0.4) is 0 Å². The van der Waals surface area contributed by atoms with E-state index in [1.807, 2.05) is 24.3 Å². The zero-order chi connectivity index (χ0) is 18.8. The van der Waals surface area contributed by atoms with Crippen molar-refractivity contribution in [3.8, 4) is 5.75 Å². The van der Waals surface area contributed by atoms with Gasteiger partial charge in [0, 0.05) is 32.3 Å². The molecule has 0 aromatic heterocycles. The van der Waals surface area contributed by atoms with Crippen LogP contribution >= 0.6 is 24.0 Å². The molecule has 0 aliphatic heterocycles. The maximum atomic E-state index is 12.0. The van der Waals surface area contributed by atoms with E-state index < -0.39 is 12.8 Å². The number of hydrogen-bond acceptors (Lipinski definition) is 3. The lowest BCUT2D eigenvalue weighted by atomic mass is 10.2. The number of aliphatic imine (C=N–C) groups is 1. The van der Waals surface area contributed by atoms with Crippen molar-refractivity contribution in [1.29, 1.82) is 0 Å². The molecule has 2 N–H and O–H groups in total. The van der Waals surface area contributed by atoms with Crippen LogP contribution in [-0.4, -0.2) is 45.5 Å². The molecule has 1 saturated carbocycles. The number of nitrogens with zero attached hydrogens (tertiary/aromatic N) is 1. The highest BCUT2D eigenvalue weighted by atomic mass is 127. The van der Waals surface area contributed by atoms with Crippen molar-refractivity contribution in [2.75, 3.05) is 33.4 Å².